The molecular formula is C12H10ClFN2O2S. The molecule has 1 N–H and O–H groups in total. The number of hydrogen-bond donors (Lipinski definition) is 1. The maximum absolute atomic E-state index is 12.7. The van der Waals surface area contributed by atoms with Crippen LogP contribution in [-0.2, 0) is 15.8 Å². The predicted molar refractivity (Wildman–Crippen MR) is 71.9 cm³/mol. The molecule has 0 bridgehead atoms. The molecule has 100 valence electrons. The summed E-state index contributed by atoms with van der Waals surface area (Å²) in [4.78, 5) is 3.79. The summed E-state index contributed by atoms with van der Waals surface area (Å²) in [6.07, 6.45) is 2.78. The normalized spacial score (nSPS) is 11.3. The number of pyridine rings is 1. The fraction of sp³-hybridized carbons (Fsp3) is 0.0833. The summed E-state index contributed by atoms with van der Waals surface area (Å²) in [5.41, 5.74) is 0.695. The zero-order chi connectivity index (χ0) is 13.9. The number of aromatic nitrogens is 1. The van der Waals surface area contributed by atoms with Crippen LogP contribution in [-0.4, -0.2) is 13.4 Å². The van der Waals surface area contributed by atoms with Crippen LogP contribution in [0.25, 0.3) is 0 Å². The first-order valence-corrected chi connectivity index (χ1v) is 7.34. The Morgan fingerprint density at radius 2 is 1.89 bits per heavy atom. The number of rotatable bonds is 4. The fourth-order valence-corrected chi connectivity index (χ4v) is 2.87. The highest BCUT2D eigenvalue weighted by atomic mass is 35.5. The van der Waals surface area contributed by atoms with E-state index in [1.54, 1.807) is 0 Å². The van der Waals surface area contributed by atoms with E-state index >= 15 is 0 Å². The first-order valence-electron chi connectivity index (χ1n) is 5.31. The number of benzene rings is 1. The van der Waals surface area contributed by atoms with Crippen molar-refractivity contribution < 1.29 is 12.8 Å². The molecule has 0 aliphatic heterocycles. The number of hydrogen-bond acceptors (Lipinski definition) is 3. The zero-order valence-electron chi connectivity index (χ0n) is 9.68. The van der Waals surface area contributed by atoms with Gasteiger partial charge in [-0.15, -0.1) is 0 Å². The van der Waals surface area contributed by atoms with Crippen LogP contribution in [0.5, 0.6) is 0 Å². The second-order valence-corrected chi connectivity index (χ2v) is 5.97. The van der Waals surface area contributed by atoms with Crippen LogP contribution in [0.3, 0.4) is 0 Å². The molecule has 1 aromatic heterocycles. The molecule has 0 saturated carbocycles. The van der Waals surface area contributed by atoms with Gasteiger partial charge in [-0.2, -0.15) is 0 Å². The number of halogens is 2. The largest absolute Gasteiger partial charge is 0.280 e. The van der Waals surface area contributed by atoms with Crippen LogP contribution in [0.15, 0.2) is 42.7 Å². The van der Waals surface area contributed by atoms with Crippen LogP contribution in [0.1, 0.15) is 5.56 Å². The maximum Gasteiger partial charge on any atom is 0.237 e. The molecule has 0 amide bonds. The summed E-state index contributed by atoms with van der Waals surface area (Å²) in [5, 5.41) is 0.262. The summed E-state index contributed by atoms with van der Waals surface area (Å²) in [5.74, 6) is -0.678. The average Bonchev–Trinajstić information content (AvgIpc) is 2.35. The molecule has 1 aromatic carbocycles. The molecule has 0 atom stereocenters. The highest BCUT2D eigenvalue weighted by Gasteiger charge is 2.13. The second kappa shape index (κ2) is 5.54. The van der Waals surface area contributed by atoms with Crippen LogP contribution in [0.2, 0.25) is 5.02 Å². The summed E-state index contributed by atoms with van der Waals surface area (Å²) >= 11 is 5.84. The van der Waals surface area contributed by atoms with E-state index in [4.69, 9.17) is 11.6 Å². The smallest absolute Gasteiger partial charge is 0.237 e. The third-order valence-electron chi connectivity index (χ3n) is 2.30. The van der Waals surface area contributed by atoms with E-state index in [9.17, 15) is 12.8 Å². The summed E-state index contributed by atoms with van der Waals surface area (Å²) in [6.45, 7) is 0. The van der Waals surface area contributed by atoms with Gasteiger partial charge < -0.3 is 0 Å². The number of anilines is 1. The topological polar surface area (TPSA) is 59.1 Å². The Morgan fingerprint density at radius 3 is 2.53 bits per heavy atom. The van der Waals surface area contributed by atoms with Gasteiger partial charge in [0.1, 0.15) is 5.82 Å². The molecule has 0 unspecified atom stereocenters. The van der Waals surface area contributed by atoms with E-state index in [1.807, 2.05) is 0 Å². The molecule has 4 nitrogen and oxygen atoms in total. The standard InChI is InChI=1S/C12H10ClFN2O2S/c13-11-5-6-15-7-12(11)16-19(17,18)8-9-1-3-10(14)4-2-9/h1-7,16H,8H2. The van der Waals surface area contributed by atoms with Crippen molar-refractivity contribution in [3.63, 3.8) is 0 Å². The quantitative estimate of drug-likeness (QED) is 0.944. The molecule has 2 aromatic rings. The molecule has 0 fully saturated rings. The SMILES string of the molecule is O=S(=O)(Cc1ccc(F)cc1)Nc1cnccc1Cl. The van der Waals surface area contributed by atoms with Gasteiger partial charge in [-0.3, -0.25) is 9.71 Å². The number of sulfonamides is 1. The van der Waals surface area contributed by atoms with Crippen molar-refractivity contribution in [2.45, 2.75) is 5.75 Å². The molecule has 0 aliphatic rings. The lowest BCUT2D eigenvalue weighted by Gasteiger charge is -2.08. The molecule has 19 heavy (non-hydrogen) atoms. The van der Waals surface area contributed by atoms with Gasteiger partial charge in [0.05, 0.1) is 22.7 Å². The van der Waals surface area contributed by atoms with Crippen molar-refractivity contribution in [3.8, 4) is 0 Å². The molecule has 1 heterocycles. The van der Waals surface area contributed by atoms with Crippen molar-refractivity contribution in [2.24, 2.45) is 0 Å². The van der Waals surface area contributed by atoms with Gasteiger partial charge in [0.15, 0.2) is 0 Å². The van der Waals surface area contributed by atoms with Gasteiger partial charge in [0, 0.05) is 6.20 Å². The Balaban J connectivity index is 2.15. The third-order valence-corrected chi connectivity index (χ3v) is 3.88. The molecular weight excluding hydrogens is 291 g/mol. The summed E-state index contributed by atoms with van der Waals surface area (Å²) in [7, 11) is -3.62. The lowest BCUT2D eigenvalue weighted by molar-refractivity contribution is 0.600. The van der Waals surface area contributed by atoms with E-state index in [-0.39, 0.29) is 16.5 Å². The molecule has 0 saturated heterocycles. The molecule has 0 spiro atoms. The lowest BCUT2D eigenvalue weighted by Crippen LogP contribution is -2.15. The van der Waals surface area contributed by atoms with Gasteiger partial charge in [-0.25, -0.2) is 12.8 Å². The Hall–Kier alpha value is -1.66. The Morgan fingerprint density at radius 1 is 1.21 bits per heavy atom. The van der Waals surface area contributed by atoms with E-state index < -0.39 is 15.8 Å². The minimum absolute atomic E-state index is 0.214. The van der Waals surface area contributed by atoms with Crippen LogP contribution >= 0.6 is 11.6 Å². The second-order valence-electron chi connectivity index (χ2n) is 3.84. The van der Waals surface area contributed by atoms with Crippen molar-refractivity contribution in [3.05, 3.63) is 59.1 Å². The molecule has 7 heteroatoms. The maximum atomic E-state index is 12.7. The van der Waals surface area contributed by atoms with Crippen molar-refractivity contribution in [2.75, 3.05) is 4.72 Å². The van der Waals surface area contributed by atoms with Crippen LogP contribution in [0.4, 0.5) is 10.1 Å². The van der Waals surface area contributed by atoms with Crippen molar-refractivity contribution >= 4 is 27.3 Å². The van der Waals surface area contributed by atoms with E-state index in [0.29, 0.717) is 5.56 Å². The average molecular weight is 301 g/mol. The zero-order valence-corrected chi connectivity index (χ0v) is 11.2. The van der Waals surface area contributed by atoms with Crippen molar-refractivity contribution in [1.29, 1.82) is 0 Å². The number of nitrogens with one attached hydrogen (secondary N) is 1. The van der Waals surface area contributed by atoms with Gasteiger partial charge in [-0.05, 0) is 23.8 Å². The Labute approximate surface area is 115 Å². The molecule has 2 rings (SSSR count). The first kappa shape index (κ1) is 13.8. The molecule has 0 aliphatic carbocycles. The first-order chi connectivity index (χ1) is 8.96. The highest BCUT2D eigenvalue weighted by Crippen LogP contribution is 2.21. The third kappa shape index (κ3) is 3.90. The van der Waals surface area contributed by atoms with Gasteiger partial charge in [0.25, 0.3) is 0 Å². The van der Waals surface area contributed by atoms with Crippen molar-refractivity contribution in [1.82, 2.24) is 4.98 Å². The lowest BCUT2D eigenvalue weighted by atomic mass is 10.2. The minimum atomic E-state index is -3.62. The molecule has 0 radical (unpaired) electrons. The fourth-order valence-electron chi connectivity index (χ4n) is 1.46. The predicted octanol–water partition coefficient (Wildman–Crippen LogP) is 2.82. The van der Waals surface area contributed by atoms with Gasteiger partial charge in [-0.1, -0.05) is 23.7 Å². The van der Waals surface area contributed by atoms with Crippen LogP contribution in [0, 0.1) is 5.82 Å². The highest BCUT2D eigenvalue weighted by molar-refractivity contribution is 7.91. The van der Waals surface area contributed by atoms with Gasteiger partial charge in [0.2, 0.25) is 10.0 Å². The van der Waals surface area contributed by atoms with Gasteiger partial charge >= 0.3 is 0 Å². The Kier molecular flexibility index (Phi) is 4.01. The van der Waals surface area contributed by atoms with E-state index in [2.05, 4.69) is 9.71 Å². The van der Waals surface area contributed by atoms with Crippen LogP contribution < -0.4 is 4.72 Å². The minimum Gasteiger partial charge on any atom is -0.280 e. The van der Waals surface area contributed by atoms with E-state index in [0.717, 1.165) is 0 Å². The Bertz CT molecular complexity index is 674. The summed E-state index contributed by atoms with van der Waals surface area (Å²) < 4.78 is 38.9. The monoisotopic (exact) mass is 300 g/mol. The van der Waals surface area contributed by atoms with E-state index in [1.165, 1.54) is 42.7 Å². The summed E-state index contributed by atoms with van der Waals surface area (Å²) in [6, 6.07) is 6.74. The number of nitrogens with zero attached hydrogens (tertiary/aromatic N) is 1.